The minimum atomic E-state index is -3.09. The third-order valence-electron chi connectivity index (χ3n) is 3.22. The number of hydrogen-bond donors (Lipinski definition) is 1. The van der Waals surface area contributed by atoms with Crippen LogP contribution in [0.25, 0.3) is 0 Å². The van der Waals surface area contributed by atoms with Crippen molar-refractivity contribution in [3.63, 3.8) is 0 Å². The molecule has 1 N–H and O–H groups in total. The average Bonchev–Trinajstić information content (AvgIpc) is 2.41. The molecule has 2 aliphatic heterocycles. The lowest BCUT2D eigenvalue weighted by Gasteiger charge is -2.34. The molecule has 6 heteroatoms. The maximum Gasteiger partial charge on any atom is 0.154 e. The van der Waals surface area contributed by atoms with Gasteiger partial charge >= 0.3 is 0 Å². The summed E-state index contributed by atoms with van der Waals surface area (Å²) in [6, 6.07) is -0.317. The number of piperidine rings is 1. The standard InChI is InChI=1S/C9H16FNO3S/c10-7-1-3-11(4-2-7)8-5-15(13,14)6-9(8)12/h7-9,12H,1-6H2/t8-,9-/m1/s1. The fourth-order valence-corrected chi connectivity index (χ4v) is 4.19. The Morgan fingerprint density at radius 1 is 1.20 bits per heavy atom. The summed E-state index contributed by atoms with van der Waals surface area (Å²) in [4.78, 5) is 1.91. The van der Waals surface area contributed by atoms with E-state index in [4.69, 9.17) is 0 Å². The van der Waals surface area contributed by atoms with E-state index in [-0.39, 0.29) is 17.5 Å². The predicted octanol–water partition coefficient (Wildman–Crippen LogP) is -0.422. The van der Waals surface area contributed by atoms with E-state index in [1.807, 2.05) is 4.90 Å². The lowest BCUT2D eigenvalue weighted by atomic mass is 10.1. The van der Waals surface area contributed by atoms with Crippen LogP contribution < -0.4 is 0 Å². The van der Waals surface area contributed by atoms with Crippen LogP contribution in [0.2, 0.25) is 0 Å². The first-order chi connectivity index (χ1) is 6.98. The number of halogens is 1. The monoisotopic (exact) mass is 237 g/mol. The molecule has 2 rings (SSSR count). The number of likely N-dealkylation sites (tertiary alicyclic amines) is 1. The van der Waals surface area contributed by atoms with Crippen molar-refractivity contribution in [2.45, 2.75) is 31.2 Å². The first kappa shape index (κ1) is 11.3. The lowest BCUT2D eigenvalue weighted by Crippen LogP contribution is -2.47. The molecule has 0 saturated carbocycles. The second-order valence-electron chi connectivity index (χ2n) is 4.42. The van der Waals surface area contributed by atoms with Gasteiger partial charge in [-0.2, -0.15) is 0 Å². The Morgan fingerprint density at radius 2 is 1.80 bits per heavy atom. The average molecular weight is 237 g/mol. The van der Waals surface area contributed by atoms with Crippen LogP contribution in [0.5, 0.6) is 0 Å². The Balaban J connectivity index is 2.00. The van der Waals surface area contributed by atoms with Crippen molar-refractivity contribution >= 4 is 9.84 Å². The van der Waals surface area contributed by atoms with Crippen LogP contribution in [-0.2, 0) is 9.84 Å². The summed E-state index contributed by atoms with van der Waals surface area (Å²) in [6.07, 6.45) is -0.672. The highest BCUT2D eigenvalue weighted by Crippen LogP contribution is 2.23. The van der Waals surface area contributed by atoms with Gasteiger partial charge in [-0.05, 0) is 12.8 Å². The van der Waals surface area contributed by atoms with Gasteiger partial charge in [-0.3, -0.25) is 4.90 Å². The summed E-state index contributed by atoms with van der Waals surface area (Å²) < 4.78 is 35.5. The molecule has 0 aliphatic carbocycles. The molecular formula is C9H16FNO3S. The number of rotatable bonds is 1. The highest BCUT2D eigenvalue weighted by molar-refractivity contribution is 7.91. The van der Waals surface area contributed by atoms with Gasteiger partial charge in [0, 0.05) is 13.1 Å². The summed E-state index contributed by atoms with van der Waals surface area (Å²) in [7, 11) is -3.09. The molecule has 2 atom stereocenters. The van der Waals surface area contributed by atoms with Crippen LogP contribution in [0.1, 0.15) is 12.8 Å². The van der Waals surface area contributed by atoms with Crippen molar-refractivity contribution < 1.29 is 17.9 Å². The topological polar surface area (TPSA) is 57.6 Å². The highest BCUT2D eigenvalue weighted by Gasteiger charge is 2.40. The summed E-state index contributed by atoms with van der Waals surface area (Å²) in [5, 5.41) is 9.63. The lowest BCUT2D eigenvalue weighted by molar-refractivity contribution is 0.0516. The minimum Gasteiger partial charge on any atom is -0.390 e. The van der Waals surface area contributed by atoms with Crippen molar-refractivity contribution in [3.8, 4) is 0 Å². The first-order valence-corrected chi connectivity index (χ1v) is 7.07. The van der Waals surface area contributed by atoms with Crippen molar-refractivity contribution in [2.75, 3.05) is 24.6 Å². The SMILES string of the molecule is O=S1(=O)C[C@@H](O)[C@H](N2CCC(F)CC2)C1. The fourth-order valence-electron chi connectivity index (χ4n) is 2.36. The predicted molar refractivity (Wildman–Crippen MR) is 54.2 cm³/mol. The Labute approximate surface area is 89.0 Å². The van der Waals surface area contributed by atoms with Gasteiger partial charge in [0.25, 0.3) is 0 Å². The van der Waals surface area contributed by atoms with Crippen LogP contribution in [0.15, 0.2) is 0 Å². The summed E-state index contributed by atoms with van der Waals surface area (Å²) >= 11 is 0. The third kappa shape index (κ3) is 2.49. The van der Waals surface area contributed by atoms with Crippen molar-refractivity contribution in [3.05, 3.63) is 0 Å². The molecule has 15 heavy (non-hydrogen) atoms. The molecule has 0 aromatic rings. The molecule has 2 fully saturated rings. The minimum absolute atomic E-state index is 0.0190. The zero-order valence-electron chi connectivity index (χ0n) is 8.47. The molecule has 2 saturated heterocycles. The molecule has 4 nitrogen and oxygen atoms in total. The highest BCUT2D eigenvalue weighted by atomic mass is 32.2. The second kappa shape index (κ2) is 3.99. The van der Waals surface area contributed by atoms with Crippen LogP contribution in [-0.4, -0.2) is 61.3 Å². The number of sulfone groups is 1. The van der Waals surface area contributed by atoms with Crippen molar-refractivity contribution in [1.29, 1.82) is 0 Å². The quantitative estimate of drug-likeness (QED) is 0.673. The Morgan fingerprint density at radius 3 is 2.27 bits per heavy atom. The normalized spacial score (nSPS) is 38.3. The largest absolute Gasteiger partial charge is 0.390 e. The van der Waals surface area contributed by atoms with E-state index in [0.29, 0.717) is 25.9 Å². The van der Waals surface area contributed by atoms with Gasteiger partial charge in [-0.15, -0.1) is 0 Å². The van der Waals surface area contributed by atoms with Gasteiger partial charge in [0.2, 0.25) is 0 Å². The number of aliphatic hydroxyl groups is 1. The first-order valence-electron chi connectivity index (χ1n) is 5.24. The number of nitrogens with zero attached hydrogens (tertiary/aromatic N) is 1. The van der Waals surface area contributed by atoms with E-state index in [2.05, 4.69) is 0 Å². The molecule has 0 amide bonds. The maximum atomic E-state index is 12.9. The van der Waals surface area contributed by atoms with E-state index in [1.54, 1.807) is 0 Å². The number of hydrogen-bond acceptors (Lipinski definition) is 4. The van der Waals surface area contributed by atoms with E-state index < -0.39 is 22.1 Å². The van der Waals surface area contributed by atoms with E-state index in [0.717, 1.165) is 0 Å². The van der Waals surface area contributed by atoms with Gasteiger partial charge in [0.05, 0.1) is 23.7 Å². The van der Waals surface area contributed by atoms with E-state index >= 15 is 0 Å². The summed E-state index contributed by atoms with van der Waals surface area (Å²) in [5.41, 5.74) is 0. The number of aliphatic hydroxyl groups excluding tert-OH is 1. The van der Waals surface area contributed by atoms with Gasteiger partial charge in [0.15, 0.2) is 9.84 Å². The third-order valence-corrected chi connectivity index (χ3v) is 4.92. The zero-order valence-corrected chi connectivity index (χ0v) is 9.29. The molecular weight excluding hydrogens is 221 g/mol. The molecule has 0 unspecified atom stereocenters. The Kier molecular flexibility index (Phi) is 3.00. The molecule has 0 spiro atoms. The Hall–Kier alpha value is -0.200. The van der Waals surface area contributed by atoms with Crippen LogP contribution in [0.4, 0.5) is 4.39 Å². The van der Waals surface area contributed by atoms with Gasteiger partial charge in [0.1, 0.15) is 6.17 Å². The second-order valence-corrected chi connectivity index (χ2v) is 6.58. The number of alkyl halides is 1. The van der Waals surface area contributed by atoms with Crippen LogP contribution >= 0.6 is 0 Å². The fraction of sp³-hybridized carbons (Fsp3) is 1.00. The van der Waals surface area contributed by atoms with Gasteiger partial charge in [-0.25, -0.2) is 12.8 Å². The van der Waals surface area contributed by atoms with E-state index in [9.17, 15) is 17.9 Å². The molecule has 2 aliphatic rings. The molecule has 0 aromatic heterocycles. The van der Waals surface area contributed by atoms with Gasteiger partial charge < -0.3 is 5.11 Å². The zero-order chi connectivity index (χ0) is 11.1. The van der Waals surface area contributed by atoms with Crippen LogP contribution in [0.3, 0.4) is 0 Å². The molecule has 0 aromatic carbocycles. The molecule has 0 radical (unpaired) electrons. The Bertz CT molecular complexity index is 324. The van der Waals surface area contributed by atoms with Crippen molar-refractivity contribution in [2.24, 2.45) is 0 Å². The smallest absolute Gasteiger partial charge is 0.154 e. The van der Waals surface area contributed by atoms with Crippen LogP contribution in [0, 0.1) is 0 Å². The van der Waals surface area contributed by atoms with Gasteiger partial charge in [-0.1, -0.05) is 0 Å². The summed E-state index contributed by atoms with van der Waals surface area (Å²) in [6.45, 7) is 1.11. The van der Waals surface area contributed by atoms with Crippen molar-refractivity contribution in [1.82, 2.24) is 4.90 Å². The maximum absolute atomic E-state index is 12.9. The van der Waals surface area contributed by atoms with E-state index in [1.165, 1.54) is 0 Å². The molecule has 88 valence electrons. The molecule has 2 heterocycles. The molecule has 0 bridgehead atoms. The summed E-state index contributed by atoms with van der Waals surface area (Å²) in [5.74, 6) is -0.127.